The second-order valence-electron chi connectivity index (χ2n) is 4.39. The summed E-state index contributed by atoms with van der Waals surface area (Å²) >= 11 is 1.58. The van der Waals surface area contributed by atoms with E-state index in [1.54, 1.807) is 11.3 Å². The smallest absolute Gasteiger partial charge is 0.214 e. The van der Waals surface area contributed by atoms with Gasteiger partial charge in [-0.25, -0.2) is 9.50 Å². The Labute approximate surface area is 104 Å². The summed E-state index contributed by atoms with van der Waals surface area (Å²) in [7, 11) is 0. The minimum absolute atomic E-state index is 0.335. The van der Waals surface area contributed by atoms with Crippen LogP contribution in [0.25, 0.3) is 4.96 Å². The first-order valence-corrected chi connectivity index (χ1v) is 6.81. The molecule has 1 aliphatic heterocycles. The number of anilines is 1. The first kappa shape index (κ1) is 11.0. The van der Waals surface area contributed by atoms with Crippen molar-refractivity contribution in [2.24, 2.45) is 0 Å². The van der Waals surface area contributed by atoms with E-state index in [1.807, 2.05) is 17.6 Å². The van der Waals surface area contributed by atoms with Gasteiger partial charge in [0.15, 0.2) is 0 Å². The number of aryl methyl sites for hydroxylation is 1. The Morgan fingerprint density at radius 1 is 1.59 bits per heavy atom. The van der Waals surface area contributed by atoms with Gasteiger partial charge < -0.3 is 10.1 Å². The van der Waals surface area contributed by atoms with Crippen molar-refractivity contribution in [1.82, 2.24) is 14.6 Å². The molecule has 92 valence electrons. The number of nitrogens with zero attached hydrogens (tertiary/aromatic N) is 3. The highest BCUT2D eigenvalue weighted by Gasteiger charge is 2.14. The second kappa shape index (κ2) is 4.62. The van der Waals surface area contributed by atoms with Gasteiger partial charge in [-0.2, -0.15) is 0 Å². The first-order valence-electron chi connectivity index (χ1n) is 5.99. The molecule has 1 atom stereocenters. The van der Waals surface area contributed by atoms with Gasteiger partial charge in [0.05, 0.1) is 18.0 Å². The van der Waals surface area contributed by atoms with Crippen molar-refractivity contribution < 1.29 is 4.74 Å². The van der Waals surface area contributed by atoms with Crippen LogP contribution in [-0.2, 0) is 4.74 Å². The fourth-order valence-electron chi connectivity index (χ4n) is 2.05. The van der Waals surface area contributed by atoms with Gasteiger partial charge >= 0.3 is 0 Å². The quantitative estimate of drug-likeness (QED) is 0.908. The van der Waals surface area contributed by atoms with Crippen molar-refractivity contribution >= 4 is 21.4 Å². The van der Waals surface area contributed by atoms with Crippen LogP contribution >= 0.6 is 11.3 Å². The van der Waals surface area contributed by atoms with Gasteiger partial charge in [0.25, 0.3) is 0 Å². The highest BCUT2D eigenvalue weighted by atomic mass is 32.1. The van der Waals surface area contributed by atoms with Crippen molar-refractivity contribution in [3.05, 3.63) is 11.9 Å². The Kier molecular flexibility index (Phi) is 2.98. The van der Waals surface area contributed by atoms with E-state index in [1.165, 1.54) is 12.8 Å². The van der Waals surface area contributed by atoms with Crippen LogP contribution in [0.1, 0.15) is 25.0 Å². The minimum Gasteiger partial charge on any atom is -0.376 e. The molecule has 5 nitrogen and oxygen atoms in total. The topological polar surface area (TPSA) is 51.5 Å². The Hall–Kier alpha value is -1.14. The molecule has 0 aromatic carbocycles. The van der Waals surface area contributed by atoms with Crippen molar-refractivity contribution in [3.63, 3.8) is 0 Å². The zero-order chi connectivity index (χ0) is 11.7. The number of fused-ring (bicyclic) bond motifs is 1. The summed E-state index contributed by atoms with van der Waals surface area (Å²) in [4.78, 5) is 5.32. The Balaban J connectivity index is 1.62. The summed E-state index contributed by atoms with van der Waals surface area (Å²) in [5, 5.41) is 8.67. The van der Waals surface area contributed by atoms with E-state index >= 15 is 0 Å². The molecule has 0 spiro atoms. The normalized spacial score (nSPS) is 20.9. The SMILES string of the molecule is Cc1cn2nc(NCC3CCCCO3)sc2n1. The molecule has 17 heavy (non-hydrogen) atoms. The number of hydrogen-bond donors (Lipinski definition) is 1. The first-order chi connectivity index (χ1) is 8.31. The summed E-state index contributed by atoms with van der Waals surface area (Å²) in [6.45, 7) is 3.72. The van der Waals surface area contributed by atoms with Crippen LogP contribution in [0.3, 0.4) is 0 Å². The number of hydrogen-bond acceptors (Lipinski definition) is 5. The van der Waals surface area contributed by atoms with E-state index in [0.29, 0.717) is 6.10 Å². The zero-order valence-corrected chi connectivity index (χ0v) is 10.7. The van der Waals surface area contributed by atoms with Crippen molar-refractivity contribution in [3.8, 4) is 0 Å². The molecule has 3 rings (SSSR count). The molecule has 1 aliphatic rings. The summed E-state index contributed by atoms with van der Waals surface area (Å²) in [6, 6.07) is 0. The van der Waals surface area contributed by atoms with Crippen LogP contribution in [0, 0.1) is 6.92 Å². The maximum Gasteiger partial charge on any atom is 0.214 e. The van der Waals surface area contributed by atoms with Gasteiger partial charge in [-0.3, -0.25) is 0 Å². The monoisotopic (exact) mass is 252 g/mol. The van der Waals surface area contributed by atoms with Crippen LogP contribution in [0.2, 0.25) is 0 Å². The van der Waals surface area contributed by atoms with E-state index < -0.39 is 0 Å². The number of rotatable bonds is 3. The standard InChI is InChI=1S/C11H16N4OS/c1-8-7-15-11(13-8)17-10(14-15)12-6-9-4-2-3-5-16-9/h7,9H,2-6H2,1H3,(H,12,14). The molecule has 1 fully saturated rings. The molecule has 0 amide bonds. The van der Waals surface area contributed by atoms with Crippen LogP contribution in [0.4, 0.5) is 5.13 Å². The van der Waals surface area contributed by atoms with Gasteiger partial charge in [-0.1, -0.05) is 11.3 Å². The maximum atomic E-state index is 5.67. The molecule has 1 unspecified atom stereocenters. The molecule has 2 aromatic rings. The number of ether oxygens (including phenoxy) is 1. The lowest BCUT2D eigenvalue weighted by atomic mass is 10.1. The summed E-state index contributed by atoms with van der Waals surface area (Å²) in [6.07, 6.45) is 5.89. The molecule has 0 aliphatic carbocycles. The fraction of sp³-hybridized carbons (Fsp3) is 0.636. The van der Waals surface area contributed by atoms with Gasteiger partial charge in [0.2, 0.25) is 10.1 Å². The Morgan fingerprint density at radius 2 is 2.53 bits per heavy atom. The molecule has 1 saturated heterocycles. The average molecular weight is 252 g/mol. The van der Waals surface area contributed by atoms with Gasteiger partial charge in [0, 0.05) is 13.2 Å². The second-order valence-corrected chi connectivity index (χ2v) is 5.34. The lowest BCUT2D eigenvalue weighted by Crippen LogP contribution is -2.26. The third-order valence-electron chi connectivity index (χ3n) is 2.92. The van der Waals surface area contributed by atoms with Gasteiger partial charge in [-0.05, 0) is 26.2 Å². The highest BCUT2D eigenvalue weighted by Crippen LogP contribution is 2.20. The average Bonchev–Trinajstić information content (AvgIpc) is 2.84. The summed E-state index contributed by atoms with van der Waals surface area (Å²) < 4.78 is 7.49. The van der Waals surface area contributed by atoms with Crippen LogP contribution in [0.15, 0.2) is 6.20 Å². The maximum absolute atomic E-state index is 5.67. The lowest BCUT2D eigenvalue weighted by Gasteiger charge is -2.22. The van der Waals surface area contributed by atoms with E-state index in [-0.39, 0.29) is 0 Å². The van der Waals surface area contributed by atoms with Crippen molar-refractivity contribution in [2.75, 3.05) is 18.5 Å². The number of aromatic nitrogens is 3. The molecular formula is C11H16N4OS. The zero-order valence-electron chi connectivity index (χ0n) is 9.85. The molecule has 0 saturated carbocycles. The van der Waals surface area contributed by atoms with E-state index in [2.05, 4.69) is 15.4 Å². The van der Waals surface area contributed by atoms with Crippen LogP contribution < -0.4 is 5.32 Å². The van der Waals surface area contributed by atoms with Crippen molar-refractivity contribution in [2.45, 2.75) is 32.3 Å². The third kappa shape index (κ3) is 2.42. The molecule has 0 radical (unpaired) electrons. The van der Waals surface area contributed by atoms with E-state index in [0.717, 1.165) is 35.4 Å². The molecule has 0 bridgehead atoms. The van der Waals surface area contributed by atoms with Gasteiger partial charge in [0.1, 0.15) is 0 Å². The minimum atomic E-state index is 0.335. The molecule has 2 aromatic heterocycles. The van der Waals surface area contributed by atoms with Crippen LogP contribution in [-0.4, -0.2) is 33.9 Å². The Morgan fingerprint density at radius 3 is 3.29 bits per heavy atom. The van der Waals surface area contributed by atoms with Crippen molar-refractivity contribution in [1.29, 1.82) is 0 Å². The molecule has 1 N–H and O–H groups in total. The molecular weight excluding hydrogens is 236 g/mol. The summed E-state index contributed by atoms with van der Waals surface area (Å²) in [5.74, 6) is 0. The highest BCUT2D eigenvalue weighted by molar-refractivity contribution is 7.20. The molecule has 3 heterocycles. The number of imidazole rings is 1. The largest absolute Gasteiger partial charge is 0.376 e. The Bertz CT molecular complexity index is 469. The number of nitrogens with one attached hydrogen (secondary N) is 1. The van der Waals surface area contributed by atoms with Crippen LogP contribution in [0.5, 0.6) is 0 Å². The van der Waals surface area contributed by atoms with E-state index in [9.17, 15) is 0 Å². The van der Waals surface area contributed by atoms with E-state index in [4.69, 9.17) is 4.74 Å². The lowest BCUT2D eigenvalue weighted by molar-refractivity contribution is 0.0247. The van der Waals surface area contributed by atoms with Gasteiger partial charge in [-0.15, -0.1) is 5.10 Å². The fourth-order valence-corrected chi connectivity index (χ4v) is 2.88. The molecule has 6 heteroatoms. The predicted octanol–water partition coefficient (Wildman–Crippen LogP) is 2.08. The summed E-state index contributed by atoms with van der Waals surface area (Å²) in [5.41, 5.74) is 1.01. The predicted molar refractivity (Wildman–Crippen MR) is 67.7 cm³/mol. The third-order valence-corrected chi connectivity index (χ3v) is 3.80.